The van der Waals surface area contributed by atoms with Gasteiger partial charge in [-0.05, 0) is 23.8 Å². The van der Waals surface area contributed by atoms with Crippen LogP contribution < -0.4 is 5.43 Å². The zero-order chi connectivity index (χ0) is 22.8. The Labute approximate surface area is 187 Å². The van der Waals surface area contributed by atoms with Crippen LogP contribution in [0.15, 0.2) is 94.6 Å². The van der Waals surface area contributed by atoms with E-state index in [1.165, 1.54) is 6.07 Å². The Morgan fingerprint density at radius 1 is 1.06 bits per heavy atom. The van der Waals surface area contributed by atoms with Crippen LogP contribution in [0.25, 0.3) is 21.9 Å². The van der Waals surface area contributed by atoms with Gasteiger partial charge in [0, 0.05) is 46.7 Å². The van der Waals surface area contributed by atoms with Gasteiger partial charge in [-0.3, -0.25) is 14.9 Å². The number of nitro benzene ring substituents is 1. The molecule has 5 rings (SSSR count). The molecule has 2 aromatic heterocycles. The lowest BCUT2D eigenvalue weighted by Gasteiger charge is -2.05. The quantitative estimate of drug-likeness (QED) is 0.226. The van der Waals surface area contributed by atoms with Crippen molar-refractivity contribution in [3.05, 3.63) is 112 Å². The molecule has 33 heavy (non-hydrogen) atoms. The molecule has 0 radical (unpaired) electrons. The van der Waals surface area contributed by atoms with Crippen LogP contribution in [0.2, 0.25) is 0 Å². The van der Waals surface area contributed by atoms with Gasteiger partial charge in [0.2, 0.25) is 0 Å². The second kappa shape index (κ2) is 8.43. The molecular formula is C25H18N4O4. The summed E-state index contributed by atoms with van der Waals surface area (Å²) >= 11 is 0. The highest BCUT2D eigenvalue weighted by Gasteiger charge is 2.12. The molecule has 5 aromatic rings. The minimum Gasteiger partial charge on any atom is -0.451 e. The first-order chi connectivity index (χ1) is 16.1. The van der Waals surface area contributed by atoms with Crippen molar-refractivity contribution in [1.29, 1.82) is 0 Å². The molecule has 1 amide bonds. The Hall–Kier alpha value is -4.72. The summed E-state index contributed by atoms with van der Waals surface area (Å²) in [4.78, 5) is 23.1. The van der Waals surface area contributed by atoms with Crippen molar-refractivity contribution in [3.63, 3.8) is 0 Å². The van der Waals surface area contributed by atoms with Crippen molar-refractivity contribution >= 4 is 39.7 Å². The summed E-state index contributed by atoms with van der Waals surface area (Å²) in [6.45, 7) is 0.460. The number of nitrogens with one attached hydrogen (secondary N) is 1. The van der Waals surface area contributed by atoms with Crippen LogP contribution in [0.5, 0.6) is 0 Å². The smallest absolute Gasteiger partial charge is 0.307 e. The summed E-state index contributed by atoms with van der Waals surface area (Å²) in [5, 5.41) is 17.0. The number of hydrogen-bond donors (Lipinski definition) is 1. The molecule has 0 atom stereocenters. The van der Waals surface area contributed by atoms with Gasteiger partial charge in [0.15, 0.2) is 5.76 Å². The third-order valence-electron chi connectivity index (χ3n) is 5.31. The molecule has 8 nitrogen and oxygen atoms in total. The first kappa shape index (κ1) is 20.2. The number of benzene rings is 3. The molecule has 0 spiro atoms. The van der Waals surface area contributed by atoms with Gasteiger partial charge in [-0.15, -0.1) is 0 Å². The Balaban J connectivity index is 1.38. The molecule has 2 heterocycles. The lowest BCUT2D eigenvalue weighted by molar-refractivity contribution is -0.384. The number of carbonyl (C=O) groups excluding carboxylic acids is 1. The third-order valence-corrected chi connectivity index (χ3v) is 5.31. The van der Waals surface area contributed by atoms with Crippen LogP contribution in [0.3, 0.4) is 0 Å². The van der Waals surface area contributed by atoms with E-state index in [2.05, 4.69) is 10.5 Å². The maximum absolute atomic E-state index is 12.4. The normalized spacial score (nSPS) is 11.4. The Morgan fingerprint density at radius 2 is 1.88 bits per heavy atom. The monoisotopic (exact) mass is 438 g/mol. The van der Waals surface area contributed by atoms with Gasteiger partial charge in [0.1, 0.15) is 5.58 Å². The van der Waals surface area contributed by atoms with Crippen LogP contribution in [0.4, 0.5) is 5.69 Å². The Bertz CT molecular complexity index is 1500. The van der Waals surface area contributed by atoms with E-state index in [1.54, 1.807) is 30.5 Å². The molecule has 0 unspecified atom stereocenters. The fourth-order valence-electron chi connectivity index (χ4n) is 3.78. The van der Waals surface area contributed by atoms with E-state index in [9.17, 15) is 14.9 Å². The minimum atomic E-state index is -0.442. The van der Waals surface area contributed by atoms with E-state index < -0.39 is 10.8 Å². The zero-order valence-corrected chi connectivity index (χ0v) is 17.3. The number of nitrogens with zero attached hydrogens (tertiary/aromatic N) is 3. The molecular weight excluding hydrogens is 420 g/mol. The van der Waals surface area contributed by atoms with Crippen LogP contribution in [0, 0.1) is 10.1 Å². The van der Waals surface area contributed by atoms with Crippen molar-refractivity contribution in [2.75, 3.05) is 0 Å². The number of nitro groups is 1. The van der Waals surface area contributed by atoms with E-state index >= 15 is 0 Å². The predicted octanol–water partition coefficient (Wildman–Crippen LogP) is 5.11. The fourth-order valence-corrected chi connectivity index (χ4v) is 3.78. The maximum Gasteiger partial charge on any atom is 0.307 e. The first-order valence-electron chi connectivity index (χ1n) is 10.2. The highest BCUT2D eigenvalue weighted by atomic mass is 16.6. The van der Waals surface area contributed by atoms with Gasteiger partial charge in [-0.1, -0.05) is 48.5 Å². The lowest BCUT2D eigenvalue weighted by Crippen LogP contribution is -2.16. The highest BCUT2D eigenvalue weighted by Crippen LogP contribution is 2.23. The molecule has 162 valence electrons. The molecule has 0 aliphatic carbocycles. The number of hydrogen-bond acceptors (Lipinski definition) is 5. The number of amides is 1. The van der Waals surface area contributed by atoms with E-state index in [4.69, 9.17) is 4.42 Å². The Morgan fingerprint density at radius 3 is 2.73 bits per heavy atom. The average molecular weight is 438 g/mol. The van der Waals surface area contributed by atoms with E-state index in [0.717, 1.165) is 27.4 Å². The number of non-ortho nitro benzene ring substituents is 1. The second-order valence-electron chi connectivity index (χ2n) is 7.50. The largest absolute Gasteiger partial charge is 0.451 e. The molecule has 0 aliphatic heterocycles. The van der Waals surface area contributed by atoms with Gasteiger partial charge < -0.3 is 8.98 Å². The lowest BCUT2D eigenvalue weighted by atomic mass is 10.2. The average Bonchev–Trinajstić information content (AvgIpc) is 3.41. The van der Waals surface area contributed by atoms with Crippen molar-refractivity contribution in [2.45, 2.75) is 6.54 Å². The topological polar surface area (TPSA) is 103 Å². The SMILES string of the molecule is O=C(N/N=C/c1cn(Cc2cccc([N+](=O)[O-])c2)c2ccccc12)c1cc2ccccc2o1. The summed E-state index contributed by atoms with van der Waals surface area (Å²) < 4.78 is 7.56. The van der Waals surface area contributed by atoms with E-state index in [-0.39, 0.29) is 11.4 Å². The molecule has 8 heteroatoms. The van der Waals surface area contributed by atoms with Gasteiger partial charge in [0.05, 0.1) is 11.1 Å². The molecule has 0 bridgehead atoms. The summed E-state index contributed by atoms with van der Waals surface area (Å²) in [7, 11) is 0. The predicted molar refractivity (Wildman–Crippen MR) is 125 cm³/mol. The second-order valence-corrected chi connectivity index (χ2v) is 7.50. The maximum atomic E-state index is 12.4. The summed E-state index contributed by atoms with van der Waals surface area (Å²) in [5.74, 6) is -0.260. The molecule has 0 aliphatic rings. The number of hydrazone groups is 1. The number of rotatable bonds is 6. The summed E-state index contributed by atoms with van der Waals surface area (Å²) in [6.07, 6.45) is 3.48. The van der Waals surface area contributed by atoms with Crippen molar-refractivity contribution < 1.29 is 14.1 Å². The van der Waals surface area contributed by atoms with E-state index in [1.807, 2.05) is 59.3 Å². The minimum absolute atomic E-state index is 0.0547. The van der Waals surface area contributed by atoms with E-state index in [0.29, 0.717) is 12.1 Å². The first-order valence-corrected chi connectivity index (χ1v) is 10.2. The van der Waals surface area contributed by atoms with Gasteiger partial charge in [0.25, 0.3) is 5.69 Å². The van der Waals surface area contributed by atoms with Crippen molar-refractivity contribution in [1.82, 2.24) is 9.99 Å². The number of furan rings is 1. The van der Waals surface area contributed by atoms with Crippen molar-refractivity contribution in [2.24, 2.45) is 5.10 Å². The molecule has 3 aromatic carbocycles. The fraction of sp³-hybridized carbons (Fsp3) is 0.0400. The van der Waals surface area contributed by atoms with Gasteiger partial charge in [-0.2, -0.15) is 5.10 Å². The number of fused-ring (bicyclic) bond motifs is 2. The summed E-state index contributed by atoms with van der Waals surface area (Å²) in [5.41, 5.74) is 5.77. The molecule has 0 fully saturated rings. The summed E-state index contributed by atoms with van der Waals surface area (Å²) in [6, 6.07) is 23.4. The van der Waals surface area contributed by atoms with Crippen LogP contribution in [-0.2, 0) is 6.54 Å². The van der Waals surface area contributed by atoms with Gasteiger partial charge in [-0.25, -0.2) is 5.43 Å². The number of carbonyl (C=O) groups is 1. The third kappa shape index (κ3) is 4.09. The number of para-hydroxylation sites is 2. The molecule has 0 saturated carbocycles. The molecule has 0 saturated heterocycles. The molecule has 1 N–H and O–H groups in total. The number of aromatic nitrogens is 1. The van der Waals surface area contributed by atoms with Crippen LogP contribution >= 0.6 is 0 Å². The van der Waals surface area contributed by atoms with Crippen LogP contribution in [-0.4, -0.2) is 21.6 Å². The standard InChI is InChI=1S/C25H18N4O4/c30-25(24-13-18-7-1-4-11-23(18)33-24)27-26-14-19-16-28(22-10-3-2-9-21(19)22)15-17-6-5-8-20(12-17)29(31)32/h1-14,16H,15H2,(H,27,30)/b26-14+. The Kier molecular flexibility index (Phi) is 5.16. The van der Waals surface area contributed by atoms with Crippen molar-refractivity contribution in [3.8, 4) is 0 Å². The highest BCUT2D eigenvalue weighted by molar-refractivity contribution is 6.01. The van der Waals surface area contributed by atoms with Crippen LogP contribution in [0.1, 0.15) is 21.7 Å². The zero-order valence-electron chi connectivity index (χ0n) is 17.3. The van der Waals surface area contributed by atoms with Gasteiger partial charge >= 0.3 is 5.91 Å².